The van der Waals surface area contributed by atoms with Gasteiger partial charge in [-0.25, -0.2) is 4.98 Å². The van der Waals surface area contributed by atoms with E-state index in [1.54, 1.807) is 36.4 Å². The number of ether oxygens (including phenoxy) is 1. The number of ketones is 1. The molecule has 3 aromatic carbocycles. The number of anilines is 1. The number of aryl methyl sites for hydroxylation is 2. The van der Waals surface area contributed by atoms with Crippen molar-refractivity contribution in [1.29, 1.82) is 0 Å². The Bertz CT molecular complexity index is 1550. The largest absolute Gasteiger partial charge is 0.508 e. The molecule has 1 fully saturated rings. The van der Waals surface area contributed by atoms with E-state index in [1.807, 2.05) is 32.9 Å². The van der Waals surface area contributed by atoms with Crippen LogP contribution in [0, 0.1) is 13.8 Å². The number of phenolic OH excluding ortho intramolecular Hbond substituents is 1. The van der Waals surface area contributed by atoms with Crippen molar-refractivity contribution in [3.8, 4) is 11.5 Å². The monoisotopic (exact) mass is 514 g/mol. The summed E-state index contributed by atoms with van der Waals surface area (Å²) in [5.74, 6) is -1.28. The summed E-state index contributed by atoms with van der Waals surface area (Å²) in [5.41, 5.74) is 3.58. The summed E-state index contributed by atoms with van der Waals surface area (Å²) in [7, 11) is 0. The van der Waals surface area contributed by atoms with E-state index >= 15 is 0 Å². The van der Waals surface area contributed by atoms with E-state index < -0.39 is 17.7 Å². The number of hydrogen-bond acceptors (Lipinski definition) is 7. The fourth-order valence-electron chi connectivity index (χ4n) is 4.59. The highest BCUT2D eigenvalue weighted by molar-refractivity contribution is 7.22. The molecule has 1 saturated heterocycles. The molecule has 37 heavy (non-hydrogen) atoms. The first-order chi connectivity index (χ1) is 17.8. The Morgan fingerprint density at radius 1 is 1.08 bits per heavy atom. The van der Waals surface area contributed by atoms with E-state index in [4.69, 9.17) is 9.72 Å². The molecule has 2 heterocycles. The smallest absolute Gasteiger partial charge is 0.301 e. The van der Waals surface area contributed by atoms with E-state index in [9.17, 15) is 19.8 Å². The van der Waals surface area contributed by atoms with Crippen molar-refractivity contribution in [3.63, 3.8) is 0 Å². The molecular formula is C29H26N2O5S. The number of carbonyl (C=O) groups is 2. The van der Waals surface area contributed by atoms with Crippen LogP contribution in [0.2, 0.25) is 0 Å². The molecule has 7 nitrogen and oxygen atoms in total. The highest BCUT2D eigenvalue weighted by Crippen LogP contribution is 2.45. The molecule has 0 radical (unpaired) electrons. The first-order valence-electron chi connectivity index (χ1n) is 12.0. The summed E-state index contributed by atoms with van der Waals surface area (Å²) in [6.07, 6.45) is 0.861. The second-order valence-corrected chi connectivity index (χ2v) is 10.1. The second-order valence-electron chi connectivity index (χ2n) is 9.06. The van der Waals surface area contributed by atoms with Crippen LogP contribution in [0.15, 0.2) is 66.2 Å². The lowest BCUT2D eigenvalue weighted by atomic mass is 9.95. The van der Waals surface area contributed by atoms with Gasteiger partial charge in [-0.2, -0.15) is 0 Å². The van der Waals surface area contributed by atoms with Gasteiger partial charge in [-0.1, -0.05) is 36.5 Å². The predicted octanol–water partition coefficient (Wildman–Crippen LogP) is 6.03. The number of hydrogen-bond donors (Lipinski definition) is 2. The SMILES string of the molecule is CCCOc1ccc(C(O)=C2C(=O)C(=O)N(c3nc4c(C)cc(C)cc4s3)C2c2cccc(O)c2)cc1. The topological polar surface area (TPSA) is 100.0 Å². The summed E-state index contributed by atoms with van der Waals surface area (Å²) in [6.45, 7) is 6.51. The van der Waals surface area contributed by atoms with Gasteiger partial charge in [-0.3, -0.25) is 14.5 Å². The van der Waals surface area contributed by atoms with Gasteiger partial charge >= 0.3 is 5.91 Å². The van der Waals surface area contributed by atoms with Crippen LogP contribution >= 0.6 is 11.3 Å². The number of nitrogens with zero attached hydrogens (tertiary/aromatic N) is 2. The van der Waals surface area contributed by atoms with Crippen LogP contribution in [-0.2, 0) is 9.59 Å². The van der Waals surface area contributed by atoms with Gasteiger partial charge in [-0.15, -0.1) is 0 Å². The van der Waals surface area contributed by atoms with E-state index in [2.05, 4.69) is 0 Å². The van der Waals surface area contributed by atoms with Crippen LogP contribution in [0.25, 0.3) is 16.0 Å². The number of aliphatic hydroxyl groups excluding tert-OH is 1. The molecule has 8 heteroatoms. The molecular weight excluding hydrogens is 488 g/mol. The van der Waals surface area contributed by atoms with Crippen LogP contribution in [0.1, 0.15) is 41.6 Å². The molecule has 0 aliphatic carbocycles. The molecule has 0 saturated carbocycles. The van der Waals surface area contributed by atoms with Gasteiger partial charge in [0.25, 0.3) is 5.78 Å². The number of carbonyl (C=O) groups excluding carboxylic acids is 2. The number of aromatic nitrogens is 1. The number of aliphatic hydroxyl groups is 1. The maximum absolute atomic E-state index is 13.4. The summed E-state index contributed by atoms with van der Waals surface area (Å²) in [6, 6.07) is 16.1. The highest BCUT2D eigenvalue weighted by Gasteiger charge is 2.48. The third-order valence-corrected chi connectivity index (χ3v) is 7.26. The van der Waals surface area contributed by atoms with Crippen molar-refractivity contribution in [2.75, 3.05) is 11.5 Å². The maximum atomic E-state index is 13.4. The summed E-state index contributed by atoms with van der Waals surface area (Å²) < 4.78 is 6.51. The van der Waals surface area contributed by atoms with Crippen LogP contribution in [0.4, 0.5) is 5.13 Å². The molecule has 1 unspecified atom stereocenters. The lowest BCUT2D eigenvalue weighted by Gasteiger charge is -2.23. The molecule has 4 aromatic rings. The van der Waals surface area contributed by atoms with Gasteiger partial charge in [0.15, 0.2) is 5.13 Å². The Kier molecular flexibility index (Phi) is 6.43. The Morgan fingerprint density at radius 3 is 2.54 bits per heavy atom. The quantitative estimate of drug-likeness (QED) is 0.185. The van der Waals surface area contributed by atoms with Crippen LogP contribution < -0.4 is 9.64 Å². The first-order valence-corrected chi connectivity index (χ1v) is 12.8. The minimum absolute atomic E-state index is 0.0173. The van der Waals surface area contributed by atoms with Gasteiger partial charge in [0.1, 0.15) is 17.3 Å². The van der Waals surface area contributed by atoms with E-state index in [0.29, 0.717) is 28.6 Å². The molecule has 188 valence electrons. The first kappa shape index (κ1) is 24.5. The third kappa shape index (κ3) is 4.44. The van der Waals surface area contributed by atoms with E-state index in [0.717, 1.165) is 27.8 Å². The molecule has 1 aliphatic heterocycles. The number of rotatable bonds is 6. The third-order valence-electron chi connectivity index (χ3n) is 6.26. The lowest BCUT2D eigenvalue weighted by Crippen LogP contribution is -2.29. The highest BCUT2D eigenvalue weighted by atomic mass is 32.1. The maximum Gasteiger partial charge on any atom is 0.301 e. The normalized spacial score (nSPS) is 17.1. The number of phenols is 1. The fourth-order valence-corrected chi connectivity index (χ4v) is 5.75. The molecule has 1 amide bonds. The van der Waals surface area contributed by atoms with Crippen molar-refractivity contribution in [3.05, 3.63) is 88.5 Å². The second kappa shape index (κ2) is 9.71. The standard InChI is InChI=1S/C29H26N2O5S/c1-4-12-36-21-10-8-18(9-11-21)26(33)23-25(19-6-5-7-20(32)15-19)31(28(35)27(23)34)29-30-24-17(3)13-16(2)14-22(24)37-29/h5-11,13-15,25,32-33H,4,12H2,1-3H3. The van der Waals surface area contributed by atoms with Gasteiger partial charge in [0.05, 0.1) is 28.4 Å². The molecule has 0 spiro atoms. The fraction of sp³-hybridized carbons (Fsp3) is 0.207. The Balaban J connectivity index is 1.67. The predicted molar refractivity (Wildman–Crippen MR) is 144 cm³/mol. The van der Waals surface area contributed by atoms with Gasteiger partial charge < -0.3 is 14.9 Å². The van der Waals surface area contributed by atoms with E-state index in [-0.39, 0.29) is 17.1 Å². The molecule has 2 N–H and O–H groups in total. The van der Waals surface area contributed by atoms with Crippen molar-refractivity contribution >= 4 is 44.1 Å². The van der Waals surface area contributed by atoms with Gasteiger partial charge in [0, 0.05) is 5.56 Å². The number of benzene rings is 3. The van der Waals surface area contributed by atoms with Crippen molar-refractivity contribution in [2.24, 2.45) is 0 Å². The average molecular weight is 515 g/mol. The number of amides is 1. The zero-order valence-electron chi connectivity index (χ0n) is 20.7. The Labute approximate surface area is 218 Å². The zero-order valence-corrected chi connectivity index (χ0v) is 21.5. The van der Waals surface area contributed by atoms with E-state index in [1.165, 1.54) is 28.4 Å². The molecule has 1 aromatic heterocycles. The average Bonchev–Trinajstić information content (AvgIpc) is 3.41. The van der Waals surface area contributed by atoms with Crippen LogP contribution in [-0.4, -0.2) is 33.5 Å². The zero-order chi connectivity index (χ0) is 26.3. The number of fused-ring (bicyclic) bond motifs is 1. The van der Waals surface area contributed by atoms with Crippen molar-refractivity contribution in [2.45, 2.75) is 33.2 Å². The minimum Gasteiger partial charge on any atom is -0.508 e. The summed E-state index contributed by atoms with van der Waals surface area (Å²) in [4.78, 5) is 32.9. The molecule has 1 atom stereocenters. The Morgan fingerprint density at radius 2 is 1.84 bits per heavy atom. The van der Waals surface area contributed by atoms with Crippen molar-refractivity contribution in [1.82, 2.24) is 4.98 Å². The van der Waals surface area contributed by atoms with Gasteiger partial charge in [0.2, 0.25) is 0 Å². The Hall–Kier alpha value is -4.17. The lowest BCUT2D eigenvalue weighted by molar-refractivity contribution is -0.132. The molecule has 5 rings (SSSR count). The summed E-state index contributed by atoms with van der Waals surface area (Å²) in [5, 5.41) is 21.9. The van der Waals surface area contributed by atoms with Crippen LogP contribution in [0.5, 0.6) is 11.5 Å². The number of thiazole rings is 1. The van der Waals surface area contributed by atoms with Crippen LogP contribution in [0.3, 0.4) is 0 Å². The number of Topliss-reactive ketones (excluding diaryl/α,β-unsaturated/α-hetero) is 1. The molecule has 1 aliphatic rings. The molecule has 0 bridgehead atoms. The number of aromatic hydroxyl groups is 1. The van der Waals surface area contributed by atoms with Crippen molar-refractivity contribution < 1.29 is 24.5 Å². The minimum atomic E-state index is -0.968. The summed E-state index contributed by atoms with van der Waals surface area (Å²) >= 11 is 1.31. The van der Waals surface area contributed by atoms with Gasteiger partial charge in [-0.05, 0) is 79.4 Å².